The number of ether oxygens (including phenoxy) is 2. The lowest BCUT2D eigenvalue weighted by atomic mass is 10.1. The van der Waals surface area contributed by atoms with Gasteiger partial charge in [-0.05, 0) is 0 Å². The van der Waals surface area contributed by atoms with Gasteiger partial charge >= 0.3 is 0 Å². The number of rotatable bonds is 4. The summed E-state index contributed by atoms with van der Waals surface area (Å²) in [7, 11) is 0. The second-order valence-corrected chi connectivity index (χ2v) is 2.80. The lowest BCUT2D eigenvalue weighted by Gasteiger charge is -2.14. The molecule has 1 aliphatic rings. The van der Waals surface area contributed by atoms with Crippen LogP contribution in [-0.2, 0) is 9.47 Å². The van der Waals surface area contributed by atoms with E-state index in [-0.39, 0.29) is 19.8 Å². The molecule has 0 bridgehead atoms. The summed E-state index contributed by atoms with van der Waals surface area (Å²) in [6, 6.07) is 0. The molecule has 0 aromatic carbocycles. The fraction of sp³-hybridized carbons (Fsp3) is 1.00. The maximum atomic E-state index is 9.29. The quantitative estimate of drug-likeness (QED) is 0.393. The van der Waals surface area contributed by atoms with Crippen LogP contribution in [0.5, 0.6) is 0 Å². The van der Waals surface area contributed by atoms with Crippen molar-refractivity contribution in [2.24, 2.45) is 0 Å². The maximum absolute atomic E-state index is 9.29. The topological polar surface area (TPSA) is 99.4 Å². The molecule has 0 radical (unpaired) electrons. The smallest absolute Gasteiger partial charge is 0.186 e. The van der Waals surface area contributed by atoms with Gasteiger partial charge in [-0.15, -0.1) is 0 Å². The van der Waals surface area contributed by atoms with Crippen molar-refractivity contribution >= 4 is 0 Å². The first-order valence-electron chi connectivity index (χ1n) is 4.05. The average molecular weight is 194 g/mol. The molecular weight excluding hydrogens is 180 g/mol. The molecule has 1 rings (SSSR count). The van der Waals surface area contributed by atoms with E-state index in [0.29, 0.717) is 0 Å². The molecule has 6 nitrogen and oxygen atoms in total. The zero-order valence-corrected chi connectivity index (χ0v) is 7.04. The van der Waals surface area contributed by atoms with E-state index in [1.807, 2.05) is 0 Å². The lowest BCUT2D eigenvalue weighted by Crippen LogP contribution is -2.34. The van der Waals surface area contributed by atoms with Crippen molar-refractivity contribution in [3.63, 3.8) is 0 Å². The highest BCUT2D eigenvalue weighted by Crippen LogP contribution is 2.21. The minimum atomic E-state index is -1.18. The van der Waals surface area contributed by atoms with E-state index in [0.717, 1.165) is 0 Å². The van der Waals surface area contributed by atoms with Crippen LogP contribution >= 0.6 is 0 Å². The predicted molar refractivity (Wildman–Crippen MR) is 40.8 cm³/mol. The van der Waals surface area contributed by atoms with Crippen LogP contribution in [0.1, 0.15) is 0 Å². The SMILES string of the molecule is OCCO[C@H]1O[C@H](CO)[C@@H](O)[C@@H]1O. The number of aliphatic hydroxyl groups excluding tert-OH is 4. The van der Waals surface area contributed by atoms with Gasteiger partial charge in [0.05, 0.1) is 19.8 Å². The van der Waals surface area contributed by atoms with Gasteiger partial charge in [0.25, 0.3) is 0 Å². The molecule has 78 valence electrons. The first-order chi connectivity index (χ1) is 6.20. The fourth-order valence-electron chi connectivity index (χ4n) is 1.17. The Morgan fingerprint density at radius 1 is 1.15 bits per heavy atom. The highest BCUT2D eigenvalue weighted by atomic mass is 16.7. The third-order valence-corrected chi connectivity index (χ3v) is 1.87. The van der Waals surface area contributed by atoms with Crippen molar-refractivity contribution in [3.05, 3.63) is 0 Å². The summed E-state index contributed by atoms with van der Waals surface area (Å²) in [5, 5.41) is 35.7. The molecule has 0 aliphatic carbocycles. The fourth-order valence-corrected chi connectivity index (χ4v) is 1.17. The van der Waals surface area contributed by atoms with E-state index in [1.165, 1.54) is 0 Å². The van der Waals surface area contributed by atoms with Crippen molar-refractivity contribution in [2.75, 3.05) is 19.8 Å². The minimum Gasteiger partial charge on any atom is -0.394 e. The number of hydrogen-bond donors (Lipinski definition) is 4. The Bertz CT molecular complexity index is 152. The molecule has 4 atom stereocenters. The van der Waals surface area contributed by atoms with Crippen LogP contribution in [-0.4, -0.2) is 64.8 Å². The summed E-state index contributed by atoms with van der Waals surface area (Å²) in [4.78, 5) is 0. The molecule has 1 fully saturated rings. The van der Waals surface area contributed by atoms with Crippen LogP contribution in [0.3, 0.4) is 0 Å². The molecule has 0 unspecified atom stereocenters. The summed E-state index contributed by atoms with van der Waals surface area (Å²) >= 11 is 0. The van der Waals surface area contributed by atoms with Crippen LogP contribution in [0.15, 0.2) is 0 Å². The summed E-state index contributed by atoms with van der Waals surface area (Å²) < 4.78 is 9.83. The van der Waals surface area contributed by atoms with Crippen LogP contribution in [0, 0.1) is 0 Å². The molecule has 0 spiro atoms. The molecule has 6 heteroatoms. The highest BCUT2D eigenvalue weighted by Gasteiger charge is 2.42. The standard InChI is InChI=1S/C7H14O6/c8-1-2-12-7-6(11)5(10)4(3-9)13-7/h4-11H,1-3H2/t4-,5-,6+,7+/m1/s1. The highest BCUT2D eigenvalue weighted by molar-refractivity contribution is 4.86. The first kappa shape index (κ1) is 10.8. The molecule has 4 N–H and O–H groups in total. The second-order valence-electron chi connectivity index (χ2n) is 2.80. The van der Waals surface area contributed by atoms with Gasteiger partial charge in [0.2, 0.25) is 0 Å². The van der Waals surface area contributed by atoms with Gasteiger partial charge in [0.1, 0.15) is 18.3 Å². The molecule has 0 saturated carbocycles. The average Bonchev–Trinajstić information content (AvgIpc) is 2.41. The molecule has 1 aliphatic heterocycles. The lowest BCUT2D eigenvalue weighted by molar-refractivity contribution is -0.173. The van der Waals surface area contributed by atoms with Crippen molar-refractivity contribution in [1.82, 2.24) is 0 Å². The Balaban J connectivity index is 2.40. The Morgan fingerprint density at radius 3 is 2.31 bits per heavy atom. The minimum absolute atomic E-state index is 0.0204. The first-order valence-corrected chi connectivity index (χ1v) is 4.05. The summed E-state index contributed by atoms with van der Waals surface area (Å²) in [5.41, 5.74) is 0. The molecular formula is C7H14O6. The van der Waals surface area contributed by atoms with Gasteiger partial charge in [-0.2, -0.15) is 0 Å². The zero-order chi connectivity index (χ0) is 9.84. The van der Waals surface area contributed by atoms with Crippen LogP contribution in [0.2, 0.25) is 0 Å². The van der Waals surface area contributed by atoms with Gasteiger partial charge in [-0.3, -0.25) is 0 Å². The van der Waals surface area contributed by atoms with E-state index in [1.54, 1.807) is 0 Å². The van der Waals surface area contributed by atoms with E-state index in [9.17, 15) is 10.2 Å². The summed E-state index contributed by atoms with van der Waals surface area (Å²) in [6.45, 7) is -0.545. The van der Waals surface area contributed by atoms with Crippen LogP contribution in [0.4, 0.5) is 0 Å². The van der Waals surface area contributed by atoms with E-state index >= 15 is 0 Å². The van der Waals surface area contributed by atoms with Crippen molar-refractivity contribution < 1.29 is 29.9 Å². The van der Waals surface area contributed by atoms with Crippen LogP contribution in [0.25, 0.3) is 0 Å². The monoisotopic (exact) mass is 194 g/mol. The Kier molecular flexibility index (Phi) is 4.04. The third kappa shape index (κ3) is 2.37. The molecule has 0 amide bonds. The van der Waals surface area contributed by atoms with Crippen molar-refractivity contribution in [3.8, 4) is 0 Å². The van der Waals surface area contributed by atoms with E-state index < -0.39 is 24.6 Å². The number of hydrogen-bond acceptors (Lipinski definition) is 6. The second kappa shape index (κ2) is 4.85. The summed E-state index contributed by atoms with van der Waals surface area (Å²) in [6.07, 6.45) is -4.12. The normalized spacial score (nSPS) is 39.7. The predicted octanol–water partition coefficient (Wildman–Crippen LogP) is -2.57. The third-order valence-electron chi connectivity index (χ3n) is 1.87. The Hall–Kier alpha value is -0.240. The maximum Gasteiger partial charge on any atom is 0.186 e. The van der Waals surface area contributed by atoms with Gasteiger partial charge in [-0.1, -0.05) is 0 Å². The Morgan fingerprint density at radius 2 is 1.85 bits per heavy atom. The van der Waals surface area contributed by atoms with Gasteiger partial charge in [0.15, 0.2) is 6.29 Å². The van der Waals surface area contributed by atoms with Crippen molar-refractivity contribution in [2.45, 2.75) is 24.6 Å². The molecule has 0 aromatic rings. The Labute approximate surface area is 75.3 Å². The van der Waals surface area contributed by atoms with Gasteiger partial charge in [0, 0.05) is 0 Å². The van der Waals surface area contributed by atoms with Crippen molar-refractivity contribution in [1.29, 1.82) is 0 Å². The van der Waals surface area contributed by atoms with Gasteiger partial charge < -0.3 is 29.9 Å². The molecule has 13 heavy (non-hydrogen) atoms. The van der Waals surface area contributed by atoms with E-state index in [4.69, 9.17) is 19.7 Å². The molecule has 1 saturated heterocycles. The molecule has 1 heterocycles. The van der Waals surface area contributed by atoms with Gasteiger partial charge in [-0.25, -0.2) is 0 Å². The zero-order valence-electron chi connectivity index (χ0n) is 7.04. The van der Waals surface area contributed by atoms with E-state index in [2.05, 4.69) is 0 Å². The van der Waals surface area contributed by atoms with Crippen LogP contribution < -0.4 is 0 Å². The number of aliphatic hydroxyl groups is 4. The summed E-state index contributed by atoms with van der Waals surface area (Å²) in [5.74, 6) is 0. The largest absolute Gasteiger partial charge is 0.394 e. The molecule has 0 aromatic heterocycles.